The summed E-state index contributed by atoms with van der Waals surface area (Å²) < 4.78 is 39.8. The zero-order chi connectivity index (χ0) is 26.3. The van der Waals surface area contributed by atoms with Gasteiger partial charge in [0.2, 0.25) is 5.89 Å². The molecule has 0 aliphatic carbocycles. The Morgan fingerprint density at radius 1 is 1.06 bits per heavy atom. The maximum Gasteiger partial charge on any atom is 0.318 e. The molecule has 0 atom stereocenters. The van der Waals surface area contributed by atoms with E-state index in [2.05, 4.69) is 4.98 Å². The summed E-state index contributed by atoms with van der Waals surface area (Å²) in [5, 5.41) is 9.24. The first-order valence-corrected chi connectivity index (χ1v) is 13.3. The van der Waals surface area contributed by atoms with Gasteiger partial charge < -0.3 is 14.3 Å². The number of aryl methyl sites for hydroxylation is 2. The molecule has 0 aliphatic rings. The molecule has 0 saturated heterocycles. The molecule has 0 unspecified atom stereocenters. The quantitative estimate of drug-likeness (QED) is 0.365. The van der Waals surface area contributed by atoms with E-state index in [1.807, 2.05) is 62.4 Å². The minimum Gasteiger partial charge on any atom is -0.487 e. The number of carboxylic acid groups (broad SMARTS) is 1. The molecule has 0 spiro atoms. The lowest BCUT2D eigenvalue weighted by Crippen LogP contribution is -2.46. The molecule has 2 aromatic carbocycles. The predicted octanol–water partition coefficient (Wildman–Crippen LogP) is 4.05. The zero-order valence-corrected chi connectivity index (χ0v) is 21.9. The van der Waals surface area contributed by atoms with Gasteiger partial charge in [-0.2, -0.15) is 17.0 Å². The fourth-order valence-corrected chi connectivity index (χ4v) is 5.29. The molecule has 36 heavy (non-hydrogen) atoms. The third kappa shape index (κ3) is 6.93. The van der Waals surface area contributed by atoms with E-state index in [0.717, 1.165) is 21.0 Å². The van der Waals surface area contributed by atoms with E-state index in [1.165, 1.54) is 4.31 Å². The summed E-state index contributed by atoms with van der Waals surface area (Å²) in [6.45, 7) is 7.50. The van der Waals surface area contributed by atoms with Crippen LogP contribution in [0.25, 0.3) is 11.5 Å². The second kappa shape index (κ2) is 12.2. The Kier molecular flexibility index (Phi) is 9.25. The first-order chi connectivity index (χ1) is 17.1. The molecule has 1 aromatic heterocycles. The van der Waals surface area contributed by atoms with Gasteiger partial charge in [0.1, 0.15) is 30.4 Å². The van der Waals surface area contributed by atoms with E-state index in [-0.39, 0.29) is 26.2 Å². The highest BCUT2D eigenvalue weighted by Crippen LogP contribution is 2.24. The molecule has 194 valence electrons. The van der Waals surface area contributed by atoms with Crippen molar-refractivity contribution in [1.82, 2.24) is 13.6 Å². The molecule has 10 heteroatoms. The van der Waals surface area contributed by atoms with Crippen molar-refractivity contribution in [2.24, 2.45) is 0 Å². The summed E-state index contributed by atoms with van der Waals surface area (Å²) in [7, 11) is -3.88. The molecule has 0 radical (unpaired) electrons. The first-order valence-electron chi connectivity index (χ1n) is 11.9. The van der Waals surface area contributed by atoms with Gasteiger partial charge in [-0.15, -0.1) is 0 Å². The van der Waals surface area contributed by atoms with Crippen molar-refractivity contribution in [3.8, 4) is 17.2 Å². The number of rotatable bonds is 13. The molecule has 0 amide bonds. The number of aliphatic carboxylic acids is 1. The van der Waals surface area contributed by atoms with Crippen LogP contribution in [0, 0.1) is 13.8 Å². The second-order valence-corrected chi connectivity index (χ2v) is 10.3. The van der Waals surface area contributed by atoms with Gasteiger partial charge in [-0.3, -0.25) is 4.79 Å². The second-order valence-electron chi connectivity index (χ2n) is 8.39. The Morgan fingerprint density at radius 3 is 2.39 bits per heavy atom. The summed E-state index contributed by atoms with van der Waals surface area (Å²) in [6, 6.07) is 15.2. The molecule has 0 bridgehead atoms. The summed E-state index contributed by atoms with van der Waals surface area (Å²) in [5.74, 6) is 0.611. The number of benzene rings is 2. The number of nitrogens with zero attached hydrogens (tertiary/aromatic N) is 3. The molecule has 0 aliphatic heterocycles. The maximum absolute atomic E-state index is 12.9. The van der Waals surface area contributed by atoms with Crippen LogP contribution in [0.3, 0.4) is 0 Å². The van der Waals surface area contributed by atoms with Crippen molar-refractivity contribution in [2.45, 2.75) is 40.7 Å². The lowest BCUT2D eigenvalue weighted by atomic mass is 10.1. The number of aromatic nitrogens is 1. The van der Waals surface area contributed by atoms with Crippen LogP contribution < -0.4 is 4.74 Å². The molecular formula is C26H33N3O6S. The molecular weight excluding hydrogens is 482 g/mol. The van der Waals surface area contributed by atoms with Gasteiger partial charge in [0, 0.05) is 25.2 Å². The minimum absolute atomic E-state index is 0.0386. The van der Waals surface area contributed by atoms with Crippen LogP contribution in [0.1, 0.15) is 36.4 Å². The zero-order valence-electron chi connectivity index (χ0n) is 21.1. The van der Waals surface area contributed by atoms with Gasteiger partial charge in [-0.1, -0.05) is 43.7 Å². The van der Waals surface area contributed by atoms with Gasteiger partial charge >= 0.3 is 5.97 Å². The highest BCUT2D eigenvalue weighted by Gasteiger charge is 2.29. The lowest BCUT2D eigenvalue weighted by Gasteiger charge is -2.27. The predicted molar refractivity (Wildman–Crippen MR) is 137 cm³/mol. The normalized spacial score (nSPS) is 11.8. The van der Waals surface area contributed by atoms with Crippen LogP contribution in [0.15, 0.2) is 52.9 Å². The molecule has 3 aromatic rings. The summed E-state index contributed by atoms with van der Waals surface area (Å²) in [6.07, 6.45) is 0.339. The van der Waals surface area contributed by atoms with Gasteiger partial charge in [0.25, 0.3) is 10.2 Å². The highest BCUT2D eigenvalue weighted by atomic mass is 32.2. The highest BCUT2D eigenvalue weighted by molar-refractivity contribution is 7.86. The lowest BCUT2D eigenvalue weighted by molar-refractivity contribution is -0.137. The average molecular weight is 516 g/mol. The maximum atomic E-state index is 12.9. The van der Waals surface area contributed by atoms with E-state index >= 15 is 0 Å². The Bertz CT molecular complexity index is 1270. The van der Waals surface area contributed by atoms with Gasteiger partial charge in [0.05, 0.1) is 0 Å². The summed E-state index contributed by atoms with van der Waals surface area (Å²) in [5.41, 5.74) is 3.56. The fourth-order valence-electron chi connectivity index (χ4n) is 3.72. The Hall–Kier alpha value is -3.21. The van der Waals surface area contributed by atoms with Crippen molar-refractivity contribution >= 4 is 16.2 Å². The third-order valence-electron chi connectivity index (χ3n) is 5.78. The Morgan fingerprint density at radius 2 is 1.75 bits per heavy atom. The number of hydrogen-bond donors (Lipinski definition) is 1. The van der Waals surface area contributed by atoms with Crippen molar-refractivity contribution in [1.29, 1.82) is 0 Å². The topological polar surface area (TPSA) is 113 Å². The number of hydrogen-bond acceptors (Lipinski definition) is 6. The number of oxazole rings is 1. The van der Waals surface area contributed by atoms with Crippen LogP contribution in [0.4, 0.5) is 0 Å². The van der Waals surface area contributed by atoms with Crippen LogP contribution in [0.5, 0.6) is 5.75 Å². The monoisotopic (exact) mass is 515 g/mol. The average Bonchev–Trinajstić information content (AvgIpc) is 3.21. The minimum atomic E-state index is -3.88. The van der Waals surface area contributed by atoms with Crippen molar-refractivity contribution in [2.75, 3.05) is 26.2 Å². The van der Waals surface area contributed by atoms with E-state index in [1.54, 1.807) is 13.8 Å². The van der Waals surface area contributed by atoms with Crippen molar-refractivity contribution in [3.63, 3.8) is 0 Å². The van der Waals surface area contributed by atoms with Gasteiger partial charge in [-0.05, 0) is 50.1 Å². The smallest absolute Gasteiger partial charge is 0.318 e. The molecule has 0 fully saturated rings. The first kappa shape index (κ1) is 27.4. The molecule has 9 nitrogen and oxygen atoms in total. The number of ether oxygens (including phenoxy) is 1. The van der Waals surface area contributed by atoms with Gasteiger partial charge in [0.15, 0.2) is 0 Å². The number of carboxylic acids is 1. The largest absolute Gasteiger partial charge is 0.487 e. The fraction of sp³-hybridized carbons (Fsp3) is 0.385. The van der Waals surface area contributed by atoms with E-state index in [9.17, 15) is 18.3 Å². The SMILES string of the molecule is CCN(CC)S(=O)(=O)N(CCc1cccc(OCc2nc(-c3ccc(C)cc3)oc2C)c1)CC(=O)O. The third-order valence-corrected chi connectivity index (χ3v) is 7.92. The van der Waals surface area contributed by atoms with E-state index in [4.69, 9.17) is 9.15 Å². The molecule has 0 saturated carbocycles. The van der Waals surface area contributed by atoms with Crippen molar-refractivity contribution in [3.05, 3.63) is 71.1 Å². The number of carbonyl (C=O) groups is 1. The van der Waals surface area contributed by atoms with Crippen LogP contribution in [-0.2, 0) is 28.0 Å². The molecule has 1 N–H and O–H groups in total. The van der Waals surface area contributed by atoms with Crippen molar-refractivity contribution < 1.29 is 27.5 Å². The Balaban J connectivity index is 1.67. The Labute approximate surface area is 212 Å². The molecule has 3 rings (SSSR count). The van der Waals surface area contributed by atoms with E-state index in [0.29, 0.717) is 29.5 Å². The standard InChI is InChI=1S/C26H33N3O6S/c1-5-28(6-2)36(32,33)29(17-25(30)31)15-14-21-8-7-9-23(16-21)34-18-24-20(4)35-26(27-24)22-12-10-19(3)11-13-22/h7-13,16H,5-6,14-15,17-18H2,1-4H3,(H,30,31). The van der Waals surface area contributed by atoms with Crippen LogP contribution >= 0.6 is 0 Å². The summed E-state index contributed by atoms with van der Waals surface area (Å²) >= 11 is 0. The summed E-state index contributed by atoms with van der Waals surface area (Å²) in [4.78, 5) is 15.9. The van der Waals surface area contributed by atoms with Crippen LogP contribution in [-0.4, -0.2) is 59.3 Å². The van der Waals surface area contributed by atoms with Crippen LogP contribution in [0.2, 0.25) is 0 Å². The molecule has 1 heterocycles. The van der Waals surface area contributed by atoms with E-state index < -0.39 is 22.7 Å². The van der Waals surface area contributed by atoms with Gasteiger partial charge in [-0.25, -0.2) is 4.98 Å².